The fourth-order valence-electron chi connectivity index (χ4n) is 3.12. The number of hydrogen-bond donors (Lipinski definition) is 1. The topological polar surface area (TPSA) is 69.7 Å². The van der Waals surface area contributed by atoms with Crippen LogP contribution >= 0.6 is 11.8 Å². The highest BCUT2D eigenvalue weighted by Crippen LogP contribution is 2.19. The first kappa shape index (κ1) is 17.8. The van der Waals surface area contributed by atoms with Gasteiger partial charge in [-0.05, 0) is 31.2 Å². The number of rotatable bonds is 3. The molecule has 0 spiro atoms. The molecule has 0 unspecified atom stereocenters. The first-order valence-electron chi connectivity index (χ1n) is 8.56. The Kier molecular flexibility index (Phi) is 5.63. The summed E-state index contributed by atoms with van der Waals surface area (Å²) in [6.45, 7) is 4.34. The molecular weight excluding hydrogens is 338 g/mol. The van der Waals surface area contributed by atoms with E-state index in [1.54, 1.807) is 18.7 Å². The van der Waals surface area contributed by atoms with Gasteiger partial charge in [0.2, 0.25) is 11.8 Å². The Morgan fingerprint density at radius 3 is 2.44 bits per heavy atom. The van der Waals surface area contributed by atoms with Crippen molar-refractivity contribution < 1.29 is 14.4 Å². The summed E-state index contributed by atoms with van der Waals surface area (Å²) < 4.78 is 0. The number of nitrogens with zero attached hydrogens (tertiary/aromatic N) is 2. The zero-order chi connectivity index (χ0) is 17.8. The summed E-state index contributed by atoms with van der Waals surface area (Å²) in [5, 5.41) is 2.84. The van der Waals surface area contributed by atoms with E-state index >= 15 is 0 Å². The lowest BCUT2D eigenvalue weighted by Gasteiger charge is -2.37. The number of thioether (sulfide) groups is 1. The van der Waals surface area contributed by atoms with E-state index in [0.717, 1.165) is 24.5 Å². The van der Waals surface area contributed by atoms with E-state index in [4.69, 9.17) is 0 Å². The van der Waals surface area contributed by atoms with Crippen LogP contribution in [0, 0.1) is 0 Å². The highest BCUT2D eigenvalue weighted by atomic mass is 32.2. The Hall–Kier alpha value is -2.02. The van der Waals surface area contributed by atoms with Crippen molar-refractivity contribution in [3.05, 3.63) is 29.8 Å². The van der Waals surface area contributed by atoms with Gasteiger partial charge in [-0.3, -0.25) is 14.4 Å². The third-order valence-corrected chi connectivity index (χ3v) is 5.68. The van der Waals surface area contributed by atoms with Gasteiger partial charge in [-0.25, -0.2) is 0 Å². The standard InChI is InChI=1S/C18H23N3O3S/c1-13(22)14-2-4-15(5-3-14)20-7-9-21(10-8-20)18(24)16-12-25-11-6-17(23)19-16/h2-5,16H,6-12H2,1H3,(H,19,23)/t16-/m1/s1. The summed E-state index contributed by atoms with van der Waals surface area (Å²) in [6, 6.07) is 7.19. The number of carbonyl (C=O) groups excluding carboxylic acids is 3. The summed E-state index contributed by atoms with van der Waals surface area (Å²) in [7, 11) is 0. The van der Waals surface area contributed by atoms with Crippen molar-refractivity contribution in [1.29, 1.82) is 0 Å². The Bertz CT molecular complexity index is 654. The maximum Gasteiger partial charge on any atom is 0.246 e. The van der Waals surface area contributed by atoms with E-state index in [-0.39, 0.29) is 17.6 Å². The smallest absolute Gasteiger partial charge is 0.246 e. The lowest BCUT2D eigenvalue weighted by Crippen LogP contribution is -2.55. The Morgan fingerprint density at radius 1 is 1.12 bits per heavy atom. The highest BCUT2D eigenvalue weighted by Gasteiger charge is 2.29. The second-order valence-corrected chi connectivity index (χ2v) is 7.51. The number of ketones is 1. The van der Waals surface area contributed by atoms with Crippen LogP contribution in [0.4, 0.5) is 5.69 Å². The molecule has 2 aliphatic heterocycles. The zero-order valence-electron chi connectivity index (χ0n) is 14.4. The summed E-state index contributed by atoms with van der Waals surface area (Å²) in [6.07, 6.45) is 0.485. The molecule has 0 aromatic heterocycles. The maximum atomic E-state index is 12.7. The molecule has 2 saturated heterocycles. The fraction of sp³-hybridized carbons (Fsp3) is 0.500. The predicted molar refractivity (Wildman–Crippen MR) is 99.1 cm³/mol. The number of anilines is 1. The molecule has 1 atom stereocenters. The van der Waals surface area contributed by atoms with E-state index in [2.05, 4.69) is 10.2 Å². The second kappa shape index (κ2) is 7.91. The molecule has 6 nitrogen and oxygen atoms in total. The van der Waals surface area contributed by atoms with Crippen molar-refractivity contribution in [3.8, 4) is 0 Å². The van der Waals surface area contributed by atoms with Crippen LogP contribution in [0.25, 0.3) is 0 Å². The Balaban J connectivity index is 1.56. The number of piperazine rings is 1. The van der Waals surface area contributed by atoms with Crippen LogP contribution in [0.1, 0.15) is 23.7 Å². The molecule has 1 N–H and O–H groups in total. The summed E-state index contributed by atoms with van der Waals surface area (Å²) in [5.41, 5.74) is 1.77. The predicted octanol–water partition coefficient (Wildman–Crippen LogP) is 1.16. The van der Waals surface area contributed by atoms with Crippen LogP contribution in [0.3, 0.4) is 0 Å². The van der Waals surface area contributed by atoms with Crippen molar-refractivity contribution in [2.75, 3.05) is 42.6 Å². The SMILES string of the molecule is CC(=O)c1ccc(N2CCN(C(=O)[C@H]3CSCCC(=O)N3)CC2)cc1. The van der Waals surface area contributed by atoms with Gasteiger partial charge in [0.1, 0.15) is 6.04 Å². The molecule has 0 saturated carbocycles. The lowest BCUT2D eigenvalue weighted by atomic mass is 10.1. The summed E-state index contributed by atoms with van der Waals surface area (Å²) in [4.78, 5) is 39.7. The van der Waals surface area contributed by atoms with Crippen molar-refractivity contribution in [3.63, 3.8) is 0 Å². The third kappa shape index (κ3) is 4.34. The minimum atomic E-state index is -0.401. The minimum absolute atomic E-state index is 0.0225. The van der Waals surface area contributed by atoms with Crippen molar-refractivity contribution in [1.82, 2.24) is 10.2 Å². The molecule has 2 amide bonds. The van der Waals surface area contributed by atoms with Gasteiger partial charge >= 0.3 is 0 Å². The van der Waals surface area contributed by atoms with Gasteiger partial charge in [0, 0.05) is 55.4 Å². The largest absolute Gasteiger partial charge is 0.368 e. The number of Topliss-reactive ketones (excluding diaryl/α,β-unsaturated/α-hetero) is 1. The molecule has 1 aromatic carbocycles. The van der Waals surface area contributed by atoms with Crippen molar-refractivity contribution in [2.24, 2.45) is 0 Å². The molecule has 2 fully saturated rings. The fourth-order valence-corrected chi connectivity index (χ4v) is 4.08. The number of nitrogens with one attached hydrogen (secondary N) is 1. The summed E-state index contributed by atoms with van der Waals surface area (Å²) >= 11 is 1.65. The van der Waals surface area contributed by atoms with Crippen molar-refractivity contribution in [2.45, 2.75) is 19.4 Å². The van der Waals surface area contributed by atoms with E-state index in [9.17, 15) is 14.4 Å². The molecular formula is C18H23N3O3S. The second-order valence-electron chi connectivity index (χ2n) is 6.36. The van der Waals surface area contributed by atoms with Gasteiger partial charge < -0.3 is 15.1 Å². The molecule has 3 rings (SSSR count). The first-order valence-corrected chi connectivity index (χ1v) is 9.72. The Labute approximate surface area is 151 Å². The summed E-state index contributed by atoms with van der Waals surface area (Å²) in [5.74, 6) is 1.48. The number of amides is 2. The van der Waals surface area contributed by atoms with Crippen LogP contribution in [0.2, 0.25) is 0 Å². The van der Waals surface area contributed by atoms with Gasteiger partial charge in [0.05, 0.1) is 0 Å². The van der Waals surface area contributed by atoms with E-state index < -0.39 is 6.04 Å². The Morgan fingerprint density at radius 2 is 1.80 bits per heavy atom. The first-order chi connectivity index (χ1) is 12.0. The molecule has 2 aliphatic rings. The molecule has 25 heavy (non-hydrogen) atoms. The van der Waals surface area contributed by atoms with Gasteiger partial charge in [-0.15, -0.1) is 0 Å². The molecule has 7 heteroatoms. The molecule has 134 valence electrons. The average molecular weight is 361 g/mol. The third-order valence-electron chi connectivity index (χ3n) is 4.62. The zero-order valence-corrected chi connectivity index (χ0v) is 15.2. The lowest BCUT2D eigenvalue weighted by molar-refractivity contribution is -0.135. The molecule has 1 aromatic rings. The van der Waals surface area contributed by atoms with Gasteiger partial charge in [0.15, 0.2) is 5.78 Å². The number of carbonyl (C=O) groups is 3. The van der Waals surface area contributed by atoms with Crippen LogP contribution < -0.4 is 10.2 Å². The number of hydrogen-bond acceptors (Lipinski definition) is 5. The molecule has 0 radical (unpaired) electrons. The van der Waals surface area contributed by atoms with E-state index in [1.807, 2.05) is 29.2 Å². The maximum absolute atomic E-state index is 12.7. The number of benzene rings is 1. The van der Waals surface area contributed by atoms with Crippen molar-refractivity contribution >= 4 is 35.0 Å². The minimum Gasteiger partial charge on any atom is -0.368 e. The van der Waals surface area contributed by atoms with Gasteiger partial charge in [-0.1, -0.05) is 0 Å². The van der Waals surface area contributed by atoms with Crippen LogP contribution in [-0.2, 0) is 9.59 Å². The van der Waals surface area contributed by atoms with Crippen LogP contribution in [-0.4, -0.2) is 66.2 Å². The molecule has 0 aliphatic carbocycles. The highest BCUT2D eigenvalue weighted by molar-refractivity contribution is 7.99. The van der Waals surface area contributed by atoms with Gasteiger partial charge in [0.25, 0.3) is 0 Å². The monoisotopic (exact) mass is 361 g/mol. The van der Waals surface area contributed by atoms with E-state index in [1.165, 1.54) is 0 Å². The molecule has 0 bridgehead atoms. The normalized spacial score (nSPS) is 21.5. The van der Waals surface area contributed by atoms with Gasteiger partial charge in [-0.2, -0.15) is 11.8 Å². The average Bonchev–Trinajstić information content (AvgIpc) is 2.86. The van der Waals surface area contributed by atoms with E-state index in [0.29, 0.717) is 30.8 Å². The van der Waals surface area contributed by atoms with Crippen LogP contribution in [0.5, 0.6) is 0 Å². The van der Waals surface area contributed by atoms with Crippen LogP contribution in [0.15, 0.2) is 24.3 Å². The quantitative estimate of drug-likeness (QED) is 0.818. The molecule has 2 heterocycles.